The van der Waals surface area contributed by atoms with E-state index in [1.54, 1.807) is 0 Å². The Labute approximate surface area is 150 Å². The fourth-order valence-corrected chi connectivity index (χ4v) is 5.42. The maximum atomic E-state index is 3.87. The van der Waals surface area contributed by atoms with E-state index in [0.29, 0.717) is 0 Å². The Hall–Kier alpha value is -2.12. The van der Waals surface area contributed by atoms with Crippen LogP contribution in [0.3, 0.4) is 0 Å². The van der Waals surface area contributed by atoms with Crippen molar-refractivity contribution >= 4 is 37.5 Å². The van der Waals surface area contributed by atoms with E-state index in [4.69, 9.17) is 0 Å². The SMILES string of the molecule is CC1(C)c2c(Br)cc3ccccc3c2-c2ccc3ccccc3c21. The van der Waals surface area contributed by atoms with Crippen molar-refractivity contribution in [1.29, 1.82) is 0 Å². The first-order valence-electron chi connectivity index (χ1n) is 8.33. The van der Waals surface area contributed by atoms with Crippen LogP contribution < -0.4 is 0 Å². The van der Waals surface area contributed by atoms with Crippen molar-refractivity contribution in [3.63, 3.8) is 0 Å². The van der Waals surface area contributed by atoms with Crippen molar-refractivity contribution in [2.75, 3.05) is 0 Å². The predicted octanol–water partition coefficient (Wildman–Crippen LogP) is 7.06. The summed E-state index contributed by atoms with van der Waals surface area (Å²) in [5.41, 5.74) is 5.62. The van der Waals surface area contributed by atoms with Crippen LogP contribution in [0.1, 0.15) is 25.0 Å². The molecular formula is C23H17Br. The average Bonchev–Trinajstić information content (AvgIpc) is 2.84. The Morgan fingerprint density at radius 3 is 2.17 bits per heavy atom. The molecule has 0 aliphatic heterocycles. The number of fused-ring (bicyclic) bond motifs is 7. The minimum atomic E-state index is -0.0194. The molecule has 0 aromatic heterocycles. The molecule has 1 heteroatoms. The van der Waals surface area contributed by atoms with E-state index in [2.05, 4.69) is 96.5 Å². The molecule has 1 aliphatic carbocycles. The molecule has 0 spiro atoms. The van der Waals surface area contributed by atoms with Crippen molar-refractivity contribution in [2.24, 2.45) is 0 Å². The van der Waals surface area contributed by atoms with Crippen LogP contribution >= 0.6 is 15.9 Å². The van der Waals surface area contributed by atoms with Crippen LogP contribution in [0.5, 0.6) is 0 Å². The molecule has 0 heterocycles. The highest BCUT2D eigenvalue weighted by Gasteiger charge is 2.39. The third kappa shape index (κ3) is 1.68. The minimum absolute atomic E-state index is 0.0194. The summed E-state index contributed by atoms with van der Waals surface area (Å²) in [6.45, 7) is 4.70. The van der Waals surface area contributed by atoms with Gasteiger partial charge in [0.05, 0.1) is 0 Å². The number of hydrogen-bond acceptors (Lipinski definition) is 0. The monoisotopic (exact) mass is 372 g/mol. The van der Waals surface area contributed by atoms with Crippen LogP contribution in [-0.4, -0.2) is 0 Å². The van der Waals surface area contributed by atoms with Crippen molar-refractivity contribution in [1.82, 2.24) is 0 Å². The summed E-state index contributed by atoms with van der Waals surface area (Å²) >= 11 is 3.87. The van der Waals surface area contributed by atoms with Crippen LogP contribution in [0.4, 0.5) is 0 Å². The molecule has 0 saturated heterocycles. The number of halogens is 1. The first kappa shape index (κ1) is 14.2. The Balaban J connectivity index is 2.04. The number of benzene rings is 4. The van der Waals surface area contributed by atoms with Gasteiger partial charge in [0, 0.05) is 9.89 Å². The second-order valence-electron chi connectivity index (χ2n) is 7.16. The van der Waals surface area contributed by atoms with E-state index >= 15 is 0 Å². The Kier molecular flexibility index (Phi) is 2.79. The predicted molar refractivity (Wildman–Crippen MR) is 107 cm³/mol. The highest BCUT2D eigenvalue weighted by molar-refractivity contribution is 9.10. The summed E-state index contributed by atoms with van der Waals surface area (Å²) in [6.07, 6.45) is 0. The number of rotatable bonds is 0. The van der Waals surface area contributed by atoms with Crippen molar-refractivity contribution in [2.45, 2.75) is 19.3 Å². The lowest BCUT2D eigenvalue weighted by Crippen LogP contribution is -2.16. The maximum Gasteiger partial charge on any atom is 0.0228 e. The molecule has 0 N–H and O–H groups in total. The molecule has 0 fully saturated rings. The summed E-state index contributed by atoms with van der Waals surface area (Å²) in [4.78, 5) is 0. The molecule has 0 radical (unpaired) electrons. The van der Waals surface area contributed by atoms with Gasteiger partial charge < -0.3 is 0 Å². The summed E-state index contributed by atoms with van der Waals surface area (Å²) in [5.74, 6) is 0. The molecule has 0 atom stereocenters. The highest BCUT2D eigenvalue weighted by atomic mass is 79.9. The van der Waals surface area contributed by atoms with Crippen LogP contribution in [0.15, 0.2) is 71.2 Å². The Morgan fingerprint density at radius 2 is 1.38 bits per heavy atom. The highest BCUT2D eigenvalue weighted by Crippen LogP contribution is 2.55. The largest absolute Gasteiger partial charge is 0.0616 e. The van der Waals surface area contributed by atoms with Crippen molar-refractivity contribution < 1.29 is 0 Å². The molecule has 1 aliphatic rings. The lowest BCUT2D eigenvalue weighted by molar-refractivity contribution is 0.663. The van der Waals surface area contributed by atoms with E-state index in [9.17, 15) is 0 Å². The van der Waals surface area contributed by atoms with E-state index in [0.717, 1.165) is 0 Å². The van der Waals surface area contributed by atoms with Gasteiger partial charge in [0.1, 0.15) is 0 Å². The maximum absolute atomic E-state index is 3.87. The molecular weight excluding hydrogens is 356 g/mol. The molecule has 0 saturated carbocycles. The molecule has 0 bridgehead atoms. The Morgan fingerprint density at radius 1 is 0.708 bits per heavy atom. The van der Waals surface area contributed by atoms with E-state index in [-0.39, 0.29) is 5.41 Å². The van der Waals surface area contributed by atoms with Gasteiger partial charge in [0.2, 0.25) is 0 Å². The van der Waals surface area contributed by atoms with E-state index < -0.39 is 0 Å². The topological polar surface area (TPSA) is 0 Å². The first-order valence-corrected chi connectivity index (χ1v) is 9.12. The lowest BCUT2D eigenvalue weighted by Gasteiger charge is -2.24. The molecule has 5 rings (SSSR count). The minimum Gasteiger partial charge on any atom is -0.0616 e. The van der Waals surface area contributed by atoms with Crippen LogP contribution in [0.25, 0.3) is 32.7 Å². The molecule has 0 nitrogen and oxygen atoms in total. The van der Waals surface area contributed by atoms with Crippen LogP contribution in [0, 0.1) is 0 Å². The van der Waals surface area contributed by atoms with Gasteiger partial charge in [-0.05, 0) is 49.9 Å². The molecule has 4 aromatic rings. The second kappa shape index (κ2) is 4.70. The van der Waals surface area contributed by atoms with Gasteiger partial charge in [-0.3, -0.25) is 0 Å². The molecule has 0 amide bonds. The van der Waals surface area contributed by atoms with Gasteiger partial charge in [-0.2, -0.15) is 0 Å². The van der Waals surface area contributed by atoms with Gasteiger partial charge in [-0.25, -0.2) is 0 Å². The van der Waals surface area contributed by atoms with Gasteiger partial charge >= 0.3 is 0 Å². The van der Waals surface area contributed by atoms with Crippen molar-refractivity contribution in [3.05, 3.63) is 82.3 Å². The standard InChI is InChI=1S/C23H17Br/c1-23(2)21-17-10-6-3-7-14(17)11-12-18(21)20-16-9-5-4-8-15(16)13-19(24)22(20)23/h3-13H,1-2H3. The first-order chi connectivity index (χ1) is 11.6. The average molecular weight is 373 g/mol. The second-order valence-corrected chi connectivity index (χ2v) is 8.02. The van der Waals surface area contributed by atoms with Gasteiger partial charge in [-0.15, -0.1) is 0 Å². The van der Waals surface area contributed by atoms with Crippen LogP contribution in [-0.2, 0) is 5.41 Å². The molecule has 24 heavy (non-hydrogen) atoms. The lowest BCUT2D eigenvalue weighted by atomic mass is 9.80. The summed E-state index contributed by atoms with van der Waals surface area (Å²) < 4.78 is 1.21. The van der Waals surface area contributed by atoms with Gasteiger partial charge in [0.25, 0.3) is 0 Å². The van der Waals surface area contributed by atoms with Gasteiger partial charge in [-0.1, -0.05) is 90.4 Å². The fraction of sp³-hybridized carbons (Fsp3) is 0.130. The number of hydrogen-bond donors (Lipinski definition) is 0. The summed E-state index contributed by atoms with van der Waals surface area (Å²) in [7, 11) is 0. The molecule has 116 valence electrons. The summed E-state index contributed by atoms with van der Waals surface area (Å²) in [5, 5.41) is 5.32. The van der Waals surface area contributed by atoms with Crippen molar-refractivity contribution in [3.8, 4) is 11.1 Å². The molecule has 0 unspecified atom stereocenters. The molecule has 4 aromatic carbocycles. The smallest absolute Gasteiger partial charge is 0.0228 e. The zero-order valence-corrected chi connectivity index (χ0v) is 15.3. The normalized spacial score (nSPS) is 14.8. The van der Waals surface area contributed by atoms with Gasteiger partial charge in [0.15, 0.2) is 0 Å². The zero-order chi connectivity index (χ0) is 16.5. The summed E-state index contributed by atoms with van der Waals surface area (Å²) in [6, 6.07) is 24.3. The van der Waals surface area contributed by atoms with Crippen LogP contribution in [0.2, 0.25) is 0 Å². The quantitative estimate of drug-likeness (QED) is 0.309. The van der Waals surface area contributed by atoms with E-state index in [1.165, 1.54) is 48.3 Å². The fourth-order valence-electron chi connectivity index (χ4n) is 4.48. The zero-order valence-electron chi connectivity index (χ0n) is 13.7. The van der Waals surface area contributed by atoms with E-state index in [1.807, 2.05) is 0 Å². The Bertz CT molecular complexity index is 1140. The third-order valence-electron chi connectivity index (χ3n) is 5.45. The third-order valence-corrected chi connectivity index (χ3v) is 6.07.